The van der Waals surface area contributed by atoms with Crippen molar-refractivity contribution in [2.45, 2.75) is 25.4 Å². The highest BCUT2D eigenvalue weighted by Crippen LogP contribution is 2.27. The quantitative estimate of drug-likeness (QED) is 0.931. The molecule has 0 aliphatic carbocycles. The summed E-state index contributed by atoms with van der Waals surface area (Å²) in [7, 11) is 0. The number of rotatable bonds is 4. The largest absolute Gasteiger partial charge is 0.363 e. The average Bonchev–Trinajstić information content (AvgIpc) is 3.09. The van der Waals surface area contributed by atoms with E-state index in [4.69, 9.17) is 17.3 Å². The smallest absolute Gasteiger partial charge is 0.288 e. The zero-order valence-electron chi connectivity index (χ0n) is 11.4. The first kappa shape index (κ1) is 14.5. The number of carbonyl (C=O) groups is 1. The van der Waals surface area contributed by atoms with Gasteiger partial charge in [-0.2, -0.15) is 0 Å². The summed E-state index contributed by atoms with van der Waals surface area (Å²) in [5, 5.41) is 7.01. The van der Waals surface area contributed by atoms with Gasteiger partial charge in [-0.25, -0.2) is 9.67 Å². The molecule has 2 N–H and O–H groups in total. The molecular formula is C13H16ClN5OS. The van der Waals surface area contributed by atoms with E-state index in [1.807, 2.05) is 11.4 Å². The van der Waals surface area contributed by atoms with Gasteiger partial charge in [0.1, 0.15) is 6.33 Å². The number of hydrogen-bond acceptors (Lipinski definition) is 5. The predicted octanol–water partition coefficient (Wildman–Crippen LogP) is 1.93. The second-order valence-electron chi connectivity index (χ2n) is 5.14. The van der Waals surface area contributed by atoms with Crippen molar-refractivity contribution < 1.29 is 4.79 Å². The molecule has 0 spiro atoms. The Kier molecular flexibility index (Phi) is 4.23. The Morgan fingerprint density at radius 2 is 2.43 bits per heavy atom. The summed E-state index contributed by atoms with van der Waals surface area (Å²) in [6.45, 7) is 2.77. The van der Waals surface area contributed by atoms with Crippen LogP contribution in [0, 0.1) is 0 Å². The lowest BCUT2D eigenvalue weighted by Gasteiger charge is -2.32. The van der Waals surface area contributed by atoms with Gasteiger partial charge in [-0.05, 0) is 30.8 Å². The van der Waals surface area contributed by atoms with Crippen molar-refractivity contribution in [3.63, 3.8) is 0 Å². The fraction of sp³-hybridized carbons (Fsp3) is 0.462. The molecule has 0 bridgehead atoms. The Labute approximate surface area is 131 Å². The number of halogens is 1. The summed E-state index contributed by atoms with van der Waals surface area (Å²) in [5.74, 6) is -0.514. The highest BCUT2D eigenvalue weighted by Gasteiger charge is 2.23. The summed E-state index contributed by atoms with van der Waals surface area (Å²) in [4.78, 5) is 18.6. The second-order valence-corrected chi connectivity index (χ2v) is 6.54. The van der Waals surface area contributed by atoms with Gasteiger partial charge in [0.15, 0.2) is 0 Å². The van der Waals surface area contributed by atoms with Crippen LogP contribution in [0.2, 0.25) is 5.02 Å². The lowest BCUT2D eigenvalue weighted by molar-refractivity contribution is 0.0989. The van der Waals surface area contributed by atoms with E-state index >= 15 is 0 Å². The summed E-state index contributed by atoms with van der Waals surface area (Å²) < 4.78 is 1.75. The zero-order chi connectivity index (χ0) is 14.8. The van der Waals surface area contributed by atoms with Crippen LogP contribution in [0.15, 0.2) is 17.8 Å². The number of aromatic nitrogens is 3. The number of carbonyl (C=O) groups excluding carboxylic acids is 1. The minimum atomic E-state index is -0.591. The minimum Gasteiger partial charge on any atom is -0.363 e. The monoisotopic (exact) mass is 325 g/mol. The van der Waals surface area contributed by atoms with Crippen LogP contribution < -0.4 is 5.73 Å². The molecule has 1 saturated heterocycles. The van der Waals surface area contributed by atoms with E-state index in [2.05, 4.69) is 15.0 Å². The normalized spacial score (nSPS) is 19.8. The number of hydrogen-bond donors (Lipinski definition) is 1. The summed E-state index contributed by atoms with van der Waals surface area (Å²) in [6, 6.07) is 2.15. The summed E-state index contributed by atoms with van der Waals surface area (Å²) >= 11 is 7.83. The van der Waals surface area contributed by atoms with E-state index in [-0.39, 0.29) is 11.9 Å². The molecule has 112 valence electrons. The maximum Gasteiger partial charge on any atom is 0.288 e. The van der Waals surface area contributed by atoms with Crippen LogP contribution in [0.1, 0.15) is 34.4 Å². The van der Waals surface area contributed by atoms with Crippen molar-refractivity contribution in [2.24, 2.45) is 5.73 Å². The molecule has 0 saturated carbocycles. The molecule has 1 atom stereocenters. The molecular weight excluding hydrogens is 310 g/mol. The number of primary amides is 1. The molecule has 2 aromatic heterocycles. The predicted molar refractivity (Wildman–Crippen MR) is 81.4 cm³/mol. The minimum absolute atomic E-state index is 0.0772. The van der Waals surface area contributed by atoms with E-state index in [0.717, 1.165) is 37.5 Å². The topological polar surface area (TPSA) is 77.0 Å². The van der Waals surface area contributed by atoms with Crippen molar-refractivity contribution in [1.82, 2.24) is 19.7 Å². The Bertz CT molecular complexity index is 640. The first-order valence-electron chi connectivity index (χ1n) is 6.78. The van der Waals surface area contributed by atoms with Gasteiger partial charge in [0.25, 0.3) is 5.91 Å². The molecule has 1 aliphatic rings. The number of nitrogens with zero attached hydrogens (tertiary/aromatic N) is 4. The van der Waals surface area contributed by atoms with Crippen molar-refractivity contribution in [3.8, 4) is 0 Å². The molecule has 1 amide bonds. The number of amides is 1. The lowest BCUT2D eigenvalue weighted by atomic mass is 10.1. The molecule has 0 aromatic carbocycles. The first-order chi connectivity index (χ1) is 10.1. The maximum atomic E-state index is 11.1. The van der Waals surface area contributed by atoms with E-state index in [9.17, 15) is 4.79 Å². The Morgan fingerprint density at radius 1 is 1.57 bits per heavy atom. The molecule has 6 nitrogen and oxygen atoms in total. The van der Waals surface area contributed by atoms with E-state index in [1.165, 1.54) is 4.88 Å². The Hall–Kier alpha value is -1.44. The molecule has 3 heterocycles. The highest BCUT2D eigenvalue weighted by molar-refractivity contribution is 7.10. The Balaban J connectivity index is 1.67. The van der Waals surface area contributed by atoms with Gasteiger partial charge >= 0.3 is 0 Å². The standard InChI is InChI=1S/C13H16ClN5OS/c14-10-3-5-21-11(10)7-18-4-1-2-9(6-18)19-8-16-13(17-19)12(15)20/h3,5,8-9H,1-2,4,6-7H2,(H2,15,20)/t9-/m0/s1. The van der Waals surface area contributed by atoms with Crippen LogP contribution in [0.5, 0.6) is 0 Å². The summed E-state index contributed by atoms with van der Waals surface area (Å²) in [6.07, 6.45) is 3.70. The van der Waals surface area contributed by atoms with Gasteiger partial charge in [0.2, 0.25) is 5.82 Å². The number of thiophene rings is 1. The lowest BCUT2D eigenvalue weighted by Crippen LogP contribution is -2.36. The van der Waals surface area contributed by atoms with E-state index in [0.29, 0.717) is 0 Å². The molecule has 0 radical (unpaired) electrons. The zero-order valence-corrected chi connectivity index (χ0v) is 13.0. The van der Waals surface area contributed by atoms with E-state index in [1.54, 1.807) is 22.3 Å². The third-order valence-electron chi connectivity index (χ3n) is 3.64. The van der Waals surface area contributed by atoms with Crippen LogP contribution in [0.3, 0.4) is 0 Å². The third-order valence-corrected chi connectivity index (χ3v) is 5.01. The average molecular weight is 326 g/mol. The van der Waals surface area contributed by atoms with Gasteiger partial charge in [-0.3, -0.25) is 9.69 Å². The number of nitrogens with two attached hydrogens (primary N) is 1. The fourth-order valence-electron chi connectivity index (χ4n) is 2.60. The Morgan fingerprint density at radius 3 is 3.10 bits per heavy atom. The SMILES string of the molecule is NC(=O)c1ncn([C@H]2CCCN(Cc3sccc3Cl)C2)n1. The van der Waals surface area contributed by atoms with E-state index < -0.39 is 5.91 Å². The maximum absolute atomic E-state index is 11.1. The summed E-state index contributed by atoms with van der Waals surface area (Å²) in [5.41, 5.74) is 5.19. The van der Waals surface area contributed by atoms with Gasteiger partial charge < -0.3 is 5.73 Å². The number of likely N-dealkylation sites (tertiary alicyclic amines) is 1. The van der Waals surface area contributed by atoms with Gasteiger partial charge in [0, 0.05) is 18.0 Å². The van der Waals surface area contributed by atoms with Gasteiger partial charge in [-0.15, -0.1) is 16.4 Å². The second kappa shape index (κ2) is 6.13. The van der Waals surface area contributed by atoms with Crippen LogP contribution >= 0.6 is 22.9 Å². The van der Waals surface area contributed by atoms with Crippen molar-refractivity contribution in [1.29, 1.82) is 0 Å². The van der Waals surface area contributed by atoms with Crippen molar-refractivity contribution in [2.75, 3.05) is 13.1 Å². The van der Waals surface area contributed by atoms with Crippen LogP contribution in [-0.2, 0) is 6.54 Å². The van der Waals surface area contributed by atoms with Crippen LogP contribution in [0.25, 0.3) is 0 Å². The molecule has 8 heteroatoms. The molecule has 1 aliphatic heterocycles. The molecule has 2 aromatic rings. The molecule has 0 unspecified atom stereocenters. The van der Waals surface area contributed by atoms with Crippen LogP contribution in [-0.4, -0.2) is 38.7 Å². The van der Waals surface area contributed by atoms with Crippen molar-refractivity contribution >= 4 is 28.8 Å². The van der Waals surface area contributed by atoms with Gasteiger partial charge in [-0.1, -0.05) is 11.6 Å². The van der Waals surface area contributed by atoms with Crippen molar-refractivity contribution in [3.05, 3.63) is 33.5 Å². The third kappa shape index (κ3) is 3.25. The highest BCUT2D eigenvalue weighted by atomic mass is 35.5. The van der Waals surface area contributed by atoms with Crippen LogP contribution in [0.4, 0.5) is 0 Å². The fourth-order valence-corrected chi connectivity index (χ4v) is 3.73. The first-order valence-corrected chi connectivity index (χ1v) is 8.04. The number of piperidine rings is 1. The molecule has 1 fully saturated rings. The molecule has 21 heavy (non-hydrogen) atoms. The van der Waals surface area contributed by atoms with Gasteiger partial charge in [0.05, 0.1) is 11.1 Å². The molecule has 3 rings (SSSR count).